The smallest absolute Gasteiger partial charge is 0.239 e. The molecule has 0 aliphatic heterocycles. The molecule has 0 radical (unpaired) electrons. The summed E-state index contributed by atoms with van der Waals surface area (Å²) in [6.07, 6.45) is 0. The van der Waals surface area contributed by atoms with E-state index >= 15 is 0 Å². The minimum atomic E-state index is -3.92. The maximum absolute atomic E-state index is 11.6. The Kier molecular flexibility index (Phi) is 11.4. The van der Waals surface area contributed by atoms with Crippen molar-refractivity contribution >= 4 is 91.0 Å². The molecule has 13 aromatic rings. The average molecular weight is 1030 g/mol. The van der Waals surface area contributed by atoms with Crippen molar-refractivity contribution in [1.29, 1.82) is 0 Å². The molecule has 0 spiro atoms. The molecule has 76 heavy (non-hydrogen) atoms. The molecular formula is C69H49ClN4Si2. The van der Waals surface area contributed by atoms with Gasteiger partial charge in [0.05, 0.1) is 15.1 Å². The predicted octanol–water partition coefficient (Wildman–Crippen LogP) is 11.4. The van der Waals surface area contributed by atoms with Crippen molar-refractivity contribution in [2.75, 3.05) is 0 Å². The maximum Gasteiger partial charge on any atom is 0.239 e. The second-order valence-corrected chi connectivity index (χ2v) is 26.8. The van der Waals surface area contributed by atoms with E-state index < -0.39 is 16.1 Å². The van der Waals surface area contributed by atoms with Crippen LogP contribution in [0.2, 0.25) is 5.28 Å². The summed E-state index contributed by atoms with van der Waals surface area (Å²) in [6, 6.07) is 96.2. The van der Waals surface area contributed by atoms with Gasteiger partial charge in [-0.3, -0.25) is 4.57 Å². The zero-order chi connectivity index (χ0) is 53.5. The summed E-state index contributed by atoms with van der Waals surface area (Å²) in [5, 5.41) is 8.79. The molecule has 11 aromatic carbocycles. The van der Waals surface area contributed by atoms with Crippen molar-refractivity contribution in [3.05, 3.63) is 302 Å². The SMILES string of the molecule is [2H]c1c(-c2nc(Cl)nc(-n3c4ccccc4c4ccccc43)n2)c([2H])c([Si](c2ccccc2)(c2ccccc2)c2cccc(-c3ccccc3)c2)c([2H])c1[Si](c1ccccc1)(c1ccccc1)c1cccc(-c2ccccc2)c1. The number of benzene rings is 11. The van der Waals surface area contributed by atoms with Gasteiger partial charge in [-0.05, 0) is 87.5 Å². The molecule has 0 aliphatic rings. The normalized spacial score (nSPS) is 12.3. The van der Waals surface area contributed by atoms with Crippen LogP contribution in [0.5, 0.6) is 0 Å². The van der Waals surface area contributed by atoms with E-state index in [1.54, 1.807) is 0 Å². The first-order chi connectivity index (χ1) is 38.9. The van der Waals surface area contributed by atoms with Crippen LogP contribution in [-0.4, -0.2) is 35.7 Å². The van der Waals surface area contributed by atoms with Gasteiger partial charge >= 0.3 is 0 Å². The number of fused-ring (bicyclic) bond motifs is 3. The molecule has 7 heteroatoms. The monoisotopic (exact) mass is 1030 g/mol. The quantitative estimate of drug-likeness (QED) is 0.0905. The van der Waals surface area contributed by atoms with Crippen molar-refractivity contribution in [3.8, 4) is 39.6 Å². The second-order valence-electron chi connectivity index (χ2n) is 19.0. The summed E-state index contributed by atoms with van der Waals surface area (Å²) in [5.41, 5.74) is 6.01. The van der Waals surface area contributed by atoms with E-state index in [2.05, 4.69) is 182 Å². The zero-order valence-electron chi connectivity index (χ0n) is 44.2. The third kappa shape index (κ3) is 8.11. The molecule has 0 atom stereocenters. The highest BCUT2D eigenvalue weighted by molar-refractivity contribution is 7.22. The van der Waals surface area contributed by atoms with E-state index in [9.17, 15) is 4.11 Å². The van der Waals surface area contributed by atoms with Gasteiger partial charge in [0.1, 0.15) is 0 Å². The minimum absolute atomic E-state index is 0.0132. The molecule has 2 heterocycles. The standard InChI is InChI=1S/C69H49ClN4Si2/c70-68-71-67(72-69(73-68)74-65-43-21-19-41-63(65)64-42-20-22-44-66(64)74)54-47-61(75(55-31-11-3-12-32-55,56-33-13-4-14-34-56)59-39-23-29-52(45-59)50-25-7-1-8-26-50)49-62(48-54)76(57-35-15-5-16-36-57,58-37-17-6-18-38-58)60-40-24-30-53(46-60)51-27-9-2-10-28-51/h1-49H/i47D,48D,49D. The molecule has 0 saturated heterocycles. The highest BCUT2D eigenvalue weighted by Gasteiger charge is 2.46. The molecular weight excluding hydrogens is 976 g/mol. The summed E-state index contributed by atoms with van der Waals surface area (Å²) in [4.78, 5) is 15.2. The molecule has 0 amide bonds. The van der Waals surface area contributed by atoms with Crippen LogP contribution in [0.1, 0.15) is 4.11 Å². The Morgan fingerprint density at radius 3 is 1.05 bits per heavy atom. The van der Waals surface area contributed by atoms with E-state index in [0.717, 1.165) is 75.2 Å². The van der Waals surface area contributed by atoms with E-state index in [1.807, 2.05) is 102 Å². The fraction of sp³-hybridized carbons (Fsp3) is 0. The Hall–Kier alpha value is -9.05. The van der Waals surface area contributed by atoms with Gasteiger partial charge in [0.15, 0.2) is 22.0 Å². The van der Waals surface area contributed by atoms with Crippen molar-refractivity contribution in [2.45, 2.75) is 0 Å². The van der Waals surface area contributed by atoms with Gasteiger partial charge < -0.3 is 0 Å². The fourth-order valence-corrected chi connectivity index (χ4v) is 20.9. The van der Waals surface area contributed by atoms with Crippen LogP contribution in [0.4, 0.5) is 0 Å². The molecule has 13 rings (SSSR count). The lowest BCUT2D eigenvalue weighted by Gasteiger charge is -2.38. The molecule has 4 nitrogen and oxygen atoms in total. The molecule has 0 N–H and O–H groups in total. The summed E-state index contributed by atoms with van der Waals surface area (Å²) < 4.78 is 35.9. The van der Waals surface area contributed by atoms with Crippen LogP contribution in [-0.2, 0) is 0 Å². The van der Waals surface area contributed by atoms with Gasteiger partial charge in [0.25, 0.3) is 0 Å². The van der Waals surface area contributed by atoms with Crippen molar-refractivity contribution in [3.63, 3.8) is 0 Å². The topological polar surface area (TPSA) is 43.6 Å². The number of hydrogen-bond acceptors (Lipinski definition) is 3. The largest absolute Gasteiger partial charge is 0.278 e. The number of hydrogen-bond donors (Lipinski definition) is 0. The summed E-state index contributed by atoms with van der Waals surface area (Å²) >= 11 is 7.22. The van der Waals surface area contributed by atoms with Crippen molar-refractivity contribution in [1.82, 2.24) is 19.5 Å². The van der Waals surface area contributed by atoms with Crippen LogP contribution in [0.3, 0.4) is 0 Å². The third-order valence-electron chi connectivity index (χ3n) is 14.7. The Labute approximate surface area is 454 Å². The van der Waals surface area contributed by atoms with Crippen LogP contribution < -0.4 is 41.5 Å². The van der Waals surface area contributed by atoms with Crippen LogP contribution in [0, 0.1) is 0 Å². The Balaban J connectivity index is 1.25. The van der Waals surface area contributed by atoms with Gasteiger partial charge in [-0.15, -0.1) is 0 Å². The first-order valence-electron chi connectivity index (χ1n) is 27.0. The molecule has 2 aromatic heterocycles. The van der Waals surface area contributed by atoms with Crippen LogP contribution in [0.25, 0.3) is 61.4 Å². The van der Waals surface area contributed by atoms with Crippen LogP contribution in [0.15, 0.2) is 297 Å². The van der Waals surface area contributed by atoms with Gasteiger partial charge in [0, 0.05) is 16.3 Å². The number of halogens is 1. The van der Waals surface area contributed by atoms with E-state index in [4.69, 9.17) is 26.6 Å². The van der Waals surface area contributed by atoms with E-state index in [-0.39, 0.29) is 40.7 Å². The Morgan fingerprint density at radius 1 is 0.303 bits per heavy atom. The minimum Gasteiger partial charge on any atom is -0.278 e. The summed E-state index contributed by atoms with van der Waals surface area (Å²) in [7, 11) is -7.83. The lowest BCUT2D eigenvalue weighted by atomic mass is 10.1. The van der Waals surface area contributed by atoms with Crippen molar-refractivity contribution in [2.24, 2.45) is 0 Å². The van der Waals surface area contributed by atoms with Crippen LogP contribution >= 0.6 is 11.6 Å². The molecule has 0 saturated carbocycles. The number of nitrogens with zero attached hydrogens (tertiary/aromatic N) is 4. The third-order valence-corrected chi connectivity index (χ3v) is 24.1. The molecule has 0 bridgehead atoms. The number of aromatic nitrogens is 4. The highest BCUT2D eigenvalue weighted by Crippen LogP contribution is 2.32. The first kappa shape index (κ1) is 43.4. The Morgan fingerprint density at radius 2 is 0.645 bits per heavy atom. The lowest BCUT2D eigenvalue weighted by molar-refractivity contribution is 0.947. The van der Waals surface area contributed by atoms with Gasteiger partial charge in [-0.2, -0.15) is 15.0 Å². The predicted molar refractivity (Wildman–Crippen MR) is 323 cm³/mol. The zero-order valence-corrected chi connectivity index (χ0v) is 44.0. The molecule has 0 aliphatic carbocycles. The van der Waals surface area contributed by atoms with E-state index in [0.29, 0.717) is 10.4 Å². The number of para-hydroxylation sites is 2. The summed E-state index contributed by atoms with van der Waals surface area (Å²) in [6.45, 7) is 0. The second kappa shape index (κ2) is 20.0. The van der Waals surface area contributed by atoms with E-state index in [1.165, 1.54) is 0 Å². The fourth-order valence-electron chi connectivity index (χ4n) is 11.4. The maximum atomic E-state index is 11.6. The van der Waals surface area contributed by atoms with Crippen molar-refractivity contribution < 1.29 is 4.11 Å². The van der Waals surface area contributed by atoms with Gasteiger partial charge in [0.2, 0.25) is 11.2 Å². The Bertz CT molecular complexity index is 4030. The highest BCUT2D eigenvalue weighted by atomic mass is 35.5. The van der Waals surface area contributed by atoms with Gasteiger partial charge in [-0.1, -0.05) is 285 Å². The average Bonchev–Trinajstić information content (AvgIpc) is 4.05. The summed E-state index contributed by atoms with van der Waals surface area (Å²) in [5.74, 6) is 0.318. The number of rotatable bonds is 12. The van der Waals surface area contributed by atoms with Gasteiger partial charge in [-0.25, -0.2) is 0 Å². The molecule has 0 unspecified atom stereocenters. The lowest BCUT2D eigenvalue weighted by Crippen LogP contribution is -2.78. The molecule has 360 valence electrons. The molecule has 0 fully saturated rings. The first-order valence-corrected chi connectivity index (χ1v) is 29.8.